The maximum Gasteiger partial charge on any atom is 0.254 e. The molecule has 7 heteroatoms. The molecule has 0 bridgehead atoms. The van der Waals surface area contributed by atoms with Crippen molar-refractivity contribution in [3.8, 4) is 0 Å². The first kappa shape index (κ1) is 20.3. The summed E-state index contributed by atoms with van der Waals surface area (Å²) < 4.78 is 17.6. The van der Waals surface area contributed by atoms with Crippen LogP contribution in [0.1, 0.15) is 40.8 Å². The third kappa shape index (κ3) is 3.66. The number of rotatable bonds is 4. The lowest BCUT2D eigenvalue weighted by molar-refractivity contribution is 0.401. The van der Waals surface area contributed by atoms with Crippen LogP contribution in [0.25, 0.3) is 0 Å². The van der Waals surface area contributed by atoms with Crippen molar-refractivity contribution in [3.63, 3.8) is 0 Å². The highest BCUT2D eigenvalue weighted by Crippen LogP contribution is 2.42. The zero-order valence-corrected chi connectivity index (χ0v) is 18.6. The second kappa shape index (κ2) is 7.92. The molecule has 1 heterocycles. The number of fused-ring (bicyclic) bond motifs is 1. The summed E-state index contributed by atoms with van der Waals surface area (Å²) in [5.41, 5.74) is 5.10. The Hall–Kier alpha value is -1.39. The molecule has 0 fully saturated rings. The number of aryl methyl sites for hydroxylation is 1. The fourth-order valence-electron chi connectivity index (χ4n) is 3.96. The highest BCUT2D eigenvalue weighted by Gasteiger charge is 2.33. The molecule has 1 aromatic carbocycles. The molecule has 146 valence electrons. The SMILES string of the molecule is CPN(C)c1cc(C)c(C)c(C2Cc3nc(SC)[nH]c(=O)c3CC2C)c1F. The quantitative estimate of drug-likeness (QED) is 0.463. The Balaban J connectivity index is 2.13. The number of aromatic amines is 1. The topological polar surface area (TPSA) is 49.0 Å². The van der Waals surface area contributed by atoms with Crippen LogP contribution in [-0.2, 0) is 12.8 Å². The lowest BCUT2D eigenvalue weighted by Crippen LogP contribution is -2.30. The van der Waals surface area contributed by atoms with Gasteiger partial charge in [-0.15, -0.1) is 0 Å². The number of nitrogens with zero attached hydrogens (tertiary/aromatic N) is 2. The fourth-order valence-corrected chi connectivity index (χ4v) is 4.75. The molecule has 1 aliphatic carbocycles. The molecule has 0 saturated heterocycles. The molecular formula is C20H27FN3OPS. The van der Waals surface area contributed by atoms with Crippen molar-refractivity contribution in [2.75, 3.05) is 24.6 Å². The third-order valence-corrected chi connectivity index (χ3v) is 7.27. The molecule has 1 aromatic heterocycles. The average molecular weight is 407 g/mol. The minimum atomic E-state index is -0.120. The van der Waals surface area contributed by atoms with Crippen molar-refractivity contribution >= 4 is 26.2 Å². The van der Waals surface area contributed by atoms with Crippen LogP contribution in [0.5, 0.6) is 0 Å². The van der Waals surface area contributed by atoms with Crippen molar-refractivity contribution in [3.05, 3.63) is 50.2 Å². The maximum atomic E-state index is 15.6. The predicted octanol–water partition coefficient (Wildman–Crippen LogP) is 4.43. The number of benzene rings is 1. The minimum Gasteiger partial charge on any atom is -0.354 e. The van der Waals surface area contributed by atoms with Gasteiger partial charge in [0.25, 0.3) is 5.56 Å². The normalized spacial score (nSPS) is 19.5. The van der Waals surface area contributed by atoms with Crippen LogP contribution in [0.4, 0.5) is 10.1 Å². The van der Waals surface area contributed by atoms with Gasteiger partial charge in [0.1, 0.15) is 0 Å². The lowest BCUT2D eigenvalue weighted by atomic mass is 9.73. The summed E-state index contributed by atoms with van der Waals surface area (Å²) in [6.45, 7) is 8.22. The molecule has 1 N–H and O–H groups in total. The van der Waals surface area contributed by atoms with Crippen LogP contribution in [0.2, 0.25) is 0 Å². The van der Waals surface area contributed by atoms with Crippen LogP contribution in [0, 0.1) is 25.6 Å². The minimum absolute atomic E-state index is 0.0220. The lowest BCUT2D eigenvalue weighted by Gasteiger charge is -2.33. The Morgan fingerprint density at radius 2 is 2.07 bits per heavy atom. The Morgan fingerprint density at radius 3 is 2.70 bits per heavy atom. The Kier molecular flexibility index (Phi) is 5.97. The number of hydrogen-bond acceptors (Lipinski definition) is 4. The number of hydrogen-bond donors (Lipinski definition) is 1. The van der Waals surface area contributed by atoms with Gasteiger partial charge >= 0.3 is 0 Å². The number of thioether (sulfide) groups is 1. The van der Waals surface area contributed by atoms with Gasteiger partial charge in [0.05, 0.1) is 11.4 Å². The average Bonchev–Trinajstić information content (AvgIpc) is 2.65. The van der Waals surface area contributed by atoms with Crippen molar-refractivity contribution < 1.29 is 4.39 Å². The first-order chi connectivity index (χ1) is 12.8. The zero-order chi connectivity index (χ0) is 19.9. The molecule has 0 spiro atoms. The summed E-state index contributed by atoms with van der Waals surface area (Å²) in [6.07, 6.45) is 3.13. The second-order valence-corrected chi connectivity index (χ2v) is 9.25. The fraction of sp³-hybridized carbons (Fsp3) is 0.500. The Morgan fingerprint density at radius 1 is 1.37 bits per heavy atom. The summed E-state index contributed by atoms with van der Waals surface area (Å²) in [5.74, 6) is 0.0803. The molecule has 0 amide bonds. The smallest absolute Gasteiger partial charge is 0.254 e. The molecule has 0 saturated carbocycles. The molecule has 27 heavy (non-hydrogen) atoms. The van der Waals surface area contributed by atoms with Crippen molar-refractivity contribution in [2.24, 2.45) is 5.92 Å². The van der Waals surface area contributed by atoms with Gasteiger partial charge in [0, 0.05) is 12.6 Å². The van der Waals surface area contributed by atoms with E-state index in [0.717, 1.165) is 27.9 Å². The first-order valence-corrected chi connectivity index (χ1v) is 11.8. The van der Waals surface area contributed by atoms with E-state index in [1.807, 2.05) is 44.6 Å². The van der Waals surface area contributed by atoms with Gasteiger partial charge in [-0.1, -0.05) is 18.7 Å². The number of anilines is 1. The summed E-state index contributed by atoms with van der Waals surface area (Å²) in [4.78, 5) is 19.9. The summed E-state index contributed by atoms with van der Waals surface area (Å²) in [6, 6.07) is 1.95. The monoisotopic (exact) mass is 407 g/mol. The standard InChI is InChI=1S/C20H27FN3OPS/c1-10-8-16(24(4)26-5)18(21)17(12(10)3)13-9-15-14(7-11(13)2)19(25)23-20(22-15)27-6/h8,11,13,26H,7,9H2,1-6H3,(H,22,23,25). The molecule has 3 rings (SSSR count). The van der Waals surface area contributed by atoms with Gasteiger partial charge in [-0.25, -0.2) is 9.37 Å². The third-order valence-electron chi connectivity index (χ3n) is 5.78. The molecule has 3 unspecified atom stereocenters. The molecule has 3 atom stereocenters. The number of nitrogens with one attached hydrogen (secondary N) is 1. The van der Waals surface area contributed by atoms with E-state index in [9.17, 15) is 4.79 Å². The molecular weight excluding hydrogens is 380 g/mol. The van der Waals surface area contributed by atoms with Crippen LogP contribution in [0.15, 0.2) is 16.0 Å². The van der Waals surface area contributed by atoms with Crippen molar-refractivity contribution in [1.29, 1.82) is 0 Å². The van der Waals surface area contributed by atoms with Crippen LogP contribution in [0.3, 0.4) is 0 Å². The van der Waals surface area contributed by atoms with Gasteiger partial charge in [-0.05, 0) is 82.9 Å². The van der Waals surface area contributed by atoms with E-state index >= 15 is 4.39 Å². The summed E-state index contributed by atoms with van der Waals surface area (Å²) >= 11 is 1.43. The Labute approximate surface area is 166 Å². The van der Waals surface area contributed by atoms with Gasteiger partial charge in [0.2, 0.25) is 0 Å². The van der Waals surface area contributed by atoms with Crippen LogP contribution >= 0.6 is 20.5 Å². The Bertz CT molecular complexity index is 930. The van der Waals surface area contributed by atoms with Gasteiger partial charge in [-0.3, -0.25) is 4.79 Å². The van der Waals surface area contributed by atoms with E-state index in [-0.39, 0.29) is 23.2 Å². The largest absolute Gasteiger partial charge is 0.354 e. The van der Waals surface area contributed by atoms with Gasteiger partial charge in [-0.2, -0.15) is 0 Å². The summed E-state index contributed by atoms with van der Waals surface area (Å²) in [5, 5.41) is 0.626. The van der Waals surface area contributed by atoms with Gasteiger partial charge < -0.3 is 9.65 Å². The van der Waals surface area contributed by atoms with Crippen LogP contribution < -0.4 is 10.2 Å². The molecule has 0 radical (unpaired) electrons. The molecule has 0 aliphatic heterocycles. The number of halogens is 1. The van der Waals surface area contributed by atoms with E-state index in [4.69, 9.17) is 0 Å². The number of H-pyrrole nitrogens is 1. The van der Waals surface area contributed by atoms with E-state index < -0.39 is 0 Å². The van der Waals surface area contributed by atoms with E-state index in [1.54, 1.807) is 0 Å². The van der Waals surface area contributed by atoms with E-state index in [1.165, 1.54) is 11.8 Å². The van der Waals surface area contributed by atoms with E-state index in [0.29, 0.717) is 32.4 Å². The molecule has 2 aromatic rings. The summed E-state index contributed by atoms with van der Waals surface area (Å²) in [7, 11) is 2.43. The van der Waals surface area contributed by atoms with Crippen LogP contribution in [-0.4, -0.2) is 29.9 Å². The molecule has 4 nitrogen and oxygen atoms in total. The molecule has 1 aliphatic rings. The first-order valence-electron chi connectivity index (χ1n) is 9.15. The second-order valence-electron chi connectivity index (χ2n) is 7.34. The van der Waals surface area contributed by atoms with Gasteiger partial charge in [0.15, 0.2) is 11.0 Å². The van der Waals surface area contributed by atoms with Crippen molar-refractivity contribution in [2.45, 2.75) is 44.7 Å². The predicted molar refractivity (Wildman–Crippen MR) is 114 cm³/mol. The highest BCUT2D eigenvalue weighted by atomic mass is 32.2. The van der Waals surface area contributed by atoms with Crippen molar-refractivity contribution in [1.82, 2.24) is 9.97 Å². The number of aromatic nitrogens is 2. The van der Waals surface area contributed by atoms with E-state index in [2.05, 4.69) is 16.9 Å². The highest BCUT2D eigenvalue weighted by molar-refractivity contribution is 7.98. The maximum absolute atomic E-state index is 15.6. The zero-order valence-electron chi connectivity index (χ0n) is 16.7.